The van der Waals surface area contributed by atoms with Gasteiger partial charge in [-0.2, -0.15) is 11.8 Å². The zero-order valence-corrected chi connectivity index (χ0v) is 13.4. The third kappa shape index (κ3) is 5.07. The van der Waals surface area contributed by atoms with E-state index in [4.69, 9.17) is 22.1 Å². The van der Waals surface area contributed by atoms with Crippen LogP contribution in [0.25, 0.3) is 0 Å². The lowest BCUT2D eigenvalue weighted by Crippen LogP contribution is -2.36. The highest BCUT2D eigenvalue weighted by Crippen LogP contribution is 2.30. The van der Waals surface area contributed by atoms with E-state index in [9.17, 15) is 4.79 Å². The van der Waals surface area contributed by atoms with Gasteiger partial charge in [-0.25, -0.2) is 0 Å². The van der Waals surface area contributed by atoms with Gasteiger partial charge in [-0.05, 0) is 18.2 Å². The second-order valence-electron chi connectivity index (χ2n) is 4.65. The third-order valence-electron chi connectivity index (χ3n) is 3.08. The summed E-state index contributed by atoms with van der Waals surface area (Å²) in [6, 6.07) is 5.57. The van der Waals surface area contributed by atoms with E-state index in [1.54, 1.807) is 6.07 Å². The highest BCUT2D eigenvalue weighted by molar-refractivity contribution is 7.99. The molecule has 7 heteroatoms. The Labute approximate surface area is 134 Å². The van der Waals surface area contributed by atoms with Gasteiger partial charge < -0.3 is 20.7 Å². The van der Waals surface area contributed by atoms with E-state index in [-0.39, 0.29) is 5.91 Å². The van der Waals surface area contributed by atoms with Crippen LogP contribution in [0.4, 0.5) is 11.4 Å². The Bertz CT molecular complexity index is 481. The van der Waals surface area contributed by atoms with Crippen LogP contribution >= 0.6 is 23.4 Å². The molecular weight excluding hydrogens is 310 g/mol. The third-order valence-corrected chi connectivity index (χ3v) is 4.31. The topological polar surface area (TPSA) is 67.6 Å². The summed E-state index contributed by atoms with van der Waals surface area (Å²) in [5.41, 5.74) is 7.16. The van der Waals surface area contributed by atoms with Crippen LogP contribution in [0.5, 0.6) is 0 Å². The summed E-state index contributed by atoms with van der Waals surface area (Å²) in [4.78, 5) is 14.2. The molecule has 21 heavy (non-hydrogen) atoms. The van der Waals surface area contributed by atoms with Crippen molar-refractivity contribution >= 4 is 40.6 Å². The normalized spacial score (nSPS) is 15.0. The van der Waals surface area contributed by atoms with E-state index in [0.717, 1.165) is 30.2 Å². The van der Waals surface area contributed by atoms with Gasteiger partial charge in [-0.15, -0.1) is 0 Å². The van der Waals surface area contributed by atoms with Crippen molar-refractivity contribution in [3.05, 3.63) is 23.2 Å². The molecule has 0 radical (unpaired) electrons. The van der Waals surface area contributed by atoms with E-state index in [0.29, 0.717) is 30.5 Å². The number of hydrogen-bond donors (Lipinski definition) is 2. The second-order valence-corrected chi connectivity index (χ2v) is 6.19. The molecule has 5 nitrogen and oxygen atoms in total. The summed E-state index contributed by atoms with van der Waals surface area (Å²) in [5, 5.41) is 3.55. The van der Waals surface area contributed by atoms with Crippen molar-refractivity contribution in [3.8, 4) is 0 Å². The molecule has 0 aromatic heterocycles. The number of halogens is 1. The number of nitrogens with one attached hydrogen (secondary N) is 1. The highest BCUT2D eigenvalue weighted by Gasteiger charge is 2.16. The first-order valence-electron chi connectivity index (χ1n) is 6.90. The van der Waals surface area contributed by atoms with Gasteiger partial charge in [0, 0.05) is 30.4 Å². The van der Waals surface area contributed by atoms with Crippen LogP contribution in [0, 0.1) is 0 Å². The zero-order valence-electron chi connectivity index (χ0n) is 11.8. The van der Waals surface area contributed by atoms with Crippen molar-refractivity contribution in [2.75, 3.05) is 54.6 Å². The zero-order chi connectivity index (χ0) is 15.1. The van der Waals surface area contributed by atoms with Crippen molar-refractivity contribution in [1.29, 1.82) is 0 Å². The van der Waals surface area contributed by atoms with Crippen LogP contribution in [-0.4, -0.2) is 50.3 Å². The second kappa shape index (κ2) is 8.48. The Kier molecular flexibility index (Phi) is 6.63. The van der Waals surface area contributed by atoms with E-state index in [2.05, 4.69) is 10.2 Å². The molecule has 1 aromatic carbocycles. The number of carbonyl (C=O) groups excluding carboxylic acids is 1. The predicted octanol–water partition coefficient (Wildman–Crippen LogP) is 1.81. The maximum atomic E-state index is 12.0. The molecule has 3 N–H and O–H groups in total. The van der Waals surface area contributed by atoms with E-state index in [1.165, 1.54) is 11.8 Å². The summed E-state index contributed by atoms with van der Waals surface area (Å²) in [6.45, 7) is 3.59. The minimum atomic E-state index is -0.0368. The largest absolute Gasteiger partial charge is 0.378 e. The van der Waals surface area contributed by atoms with Gasteiger partial charge in [0.05, 0.1) is 30.3 Å². The monoisotopic (exact) mass is 329 g/mol. The Balaban J connectivity index is 2.05. The minimum Gasteiger partial charge on any atom is -0.378 e. The fourth-order valence-corrected chi connectivity index (χ4v) is 2.86. The number of hydrogen-bond acceptors (Lipinski definition) is 5. The fourth-order valence-electron chi connectivity index (χ4n) is 2.12. The molecule has 1 aliphatic rings. The van der Waals surface area contributed by atoms with Crippen LogP contribution in [0.3, 0.4) is 0 Å². The summed E-state index contributed by atoms with van der Waals surface area (Å²) in [6.07, 6.45) is 0. The number of morpholine rings is 1. The van der Waals surface area contributed by atoms with E-state index in [1.807, 2.05) is 12.1 Å². The highest BCUT2D eigenvalue weighted by atomic mass is 35.5. The molecule has 2 rings (SSSR count). The maximum absolute atomic E-state index is 12.0. The van der Waals surface area contributed by atoms with Gasteiger partial charge in [-0.3, -0.25) is 4.79 Å². The standard InChI is InChI=1S/C14H20ClN3O2S/c15-11-1-2-13(18-4-6-20-7-5-18)12(9-11)17-14(19)10-21-8-3-16/h1-2,9H,3-8,10,16H2,(H,17,19). The lowest BCUT2D eigenvalue weighted by atomic mass is 10.2. The molecule has 0 saturated carbocycles. The Morgan fingerprint density at radius 1 is 1.43 bits per heavy atom. The molecule has 1 amide bonds. The Morgan fingerprint density at radius 3 is 2.90 bits per heavy atom. The van der Waals surface area contributed by atoms with Gasteiger partial charge in [-0.1, -0.05) is 11.6 Å². The van der Waals surface area contributed by atoms with E-state index < -0.39 is 0 Å². The maximum Gasteiger partial charge on any atom is 0.234 e. The van der Waals surface area contributed by atoms with Gasteiger partial charge in [0.15, 0.2) is 0 Å². The lowest BCUT2D eigenvalue weighted by molar-refractivity contribution is -0.113. The first-order valence-corrected chi connectivity index (χ1v) is 8.44. The van der Waals surface area contributed by atoms with Gasteiger partial charge >= 0.3 is 0 Å². The first-order chi connectivity index (χ1) is 10.2. The molecule has 0 spiro atoms. The Morgan fingerprint density at radius 2 is 2.19 bits per heavy atom. The van der Waals surface area contributed by atoms with Crippen molar-refractivity contribution in [3.63, 3.8) is 0 Å². The number of nitrogens with two attached hydrogens (primary N) is 1. The number of benzene rings is 1. The number of rotatable bonds is 6. The molecular formula is C14H20ClN3O2S. The summed E-state index contributed by atoms with van der Waals surface area (Å²) in [5.74, 6) is 1.14. The molecule has 116 valence electrons. The van der Waals surface area contributed by atoms with Crippen molar-refractivity contribution in [2.24, 2.45) is 5.73 Å². The average molecular weight is 330 g/mol. The molecule has 0 unspecified atom stereocenters. The molecule has 1 aromatic rings. The number of carbonyl (C=O) groups is 1. The smallest absolute Gasteiger partial charge is 0.234 e. The van der Waals surface area contributed by atoms with Crippen LogP contribution in [0.15, 0.2) is 18.2 Å². The number of ether oxygens (including phenoxy) is 1. The number of anilines is 2. The SMILES string of the molecule is NCCSCC(=O)Nc1cc(Cl)ccc1N1CCOCC1. The number of thioether (sulfide) groups is 1. The fraction of sp³-hybridized carbons (Fsp3) is 0.500. The number of amides is 1. The van der Waals surface area contributed by atoms with Crippen molar-refractivity contribution in [2.45, 2.75) is 0 Å². The molecule has 1 saturated heterocycles. The minimum absolute atomic E-state index is 0.0368. The molecule has 0 aliphatic carbocycles. The van der Waals surface area contributed by atoms with Gasteiger partial charge in [0.2, 0.25) is 5.91 Å². The van der Waals surface area contributed by atoms with Crippen molar-refractivity contribution in [1.82, 2.24) is 0 Å². The predicted molar refractivity (Wildman–Crippen MR) is 89.5 cm³/mol. The molecule has 0 bridgehead atoms. The molecule has 1 fully saturated rings. The summed E-state index contributed by atoms with van der Waals surface area (Å²) in [7, 11) is 0. The average Bonchev–Trinajstić information content (AvgIpc) is 2.48. The van der Waals surface area contributed by atoms with Crippen LogP contribution in [-0.2, 0) is 9.53 Å². The summed E-state index contributed by atoms with van der Waals surface area (Å²) < 4.78 is 5.36. The molecule has 1 aliphatic heterocycles. The molecule has 1 heterocycles. The van der Waals surface area contributed by atoms with Crippen LogP contribution in [0.1, 0.15) is 0 Å². The van der Waals surface area contributed by atoms with Gasteiger partial charge in [0.1, 0.15) is 0 Å². The van der Waals surface area contributed by atoms with Crippen LogP contribution < -0.4 is 16.0 Å². The van der Waals surface area contributed by atoms with Crippen molar-refractivity contribution < 1.29 is 9.53 Å². The Hall–Kier alpha value is -0.950. The molecule has 0 atom stereocenters. The van der Waals surface area contributed by atoms with Crippen LogP contribution in [0.2, 0.25) is 5.02 Å². The summed E-state index contributed by atoms with van der Waals surface area (Å²) >= 11 is 7.57. The number of nitrogens with zero attached hydrogens (tertiary/aromatic N) is 1. The lowest BCUT2D eigenvalue weighted by Gasteiger charge is -2.30. The first kappa shape index (κ1) is 16.4. The quantitative estimate of drug-likeness (QED) is 0.779. The van der Waals surface area contributed by atoms with E-state index >= 15 is 0 Å². The van der Waals surface area contributed by atoms with Gasteiger partial charge in [0.25, 0.3) is 0 Å².